The Kier molecular flexibility index (Phi) is 4.11. The van der Waals surface area contributed by atoms with E-state index in [0.717, 1.165) is 13.1 Å². The van der Waals surface area contributed by atoms with Crippen molar-refractivity contribution in [3.8, 4) is 5.75 Å². The van der Waals surface area contributed by atoms with Gasteiger partial charge in [-0.2, -0.15) is 0 Å². The Morgan fingerprint density at radius 3 is 2.56 bits per heavy atom. The monoisotopic (exact) mass is 289 g/mol. The molecule has 1 aliphatic heterocycles. The lowest BCUT2D eigenvalue weighted by atomic mass is 10.3. The van der Waals surface area contributed by atoms with Gasteiger partial charge in [0.2, 0.25) is 0 Å². The molecule has 1 aromatic rings. The molecule has 1 unspecified atom stereocenters. The van der Waals surface area contributed by atoms with Gasteiger partial charge in [0.1, 0.15) is 15.9 Å². The van der Waals surface area contributed by atoms with Crippen molar-refractivity contribution in [2.45, 2.75) is 4.90 Å². The van der Waals surface area contributed by atoms with Gasteiger partial charge in [-0.3, -0.25) is 0 Å². The van der Waals surface area contributed by atoms with Crippen LogP contribution in [0.2, 0.25) is 5.02 Å². The second-order valence-electron chi connectivity index (χ2n) is 4.30. The number of rotatable bonds is 2. The third-order valence-electron chi connectivity index (χ3n) is 2.99. The van der Waals surface area contributed by atoms with E-state index in [1.807, 2.05) is 7.05 Å². The summed E-state index contributed by atoms with van der Waals surface area (Å²) in [5.74, 6) is -0.181. The number of piperazine rings is 1. The topological polar surface area (TPSA) is 69.8 Å². The summed E-state index contributed by atoms with van der Waals surface area (Å²) in [6, 6.07) is 3.06. The van der Waals surface area contributed by atoms with Crippen LogP contribution in [0.3, 0.4) is 0 Å². The van der Waals surface area contributed by atoms with Gasteiger partial charge in [-0.05, 0) is 19.2 Å². The fourth-order valence-corrected chi connectivity index (χ4v) is 3.43. The highest BCUT2D eigenvalue weighted by Crippen LogP contribution is 2.35. The van der Waals surface area contributed by atoms with Crippen molar-refractivity contribution in [3.63, 3.8) is 0 Å². The van der Waals surface area contributed by atoms with Crippen LogP contribution in [-0.2, 0) is 11.0 Å². The van der Waals surface area contributed by atoms with Crippen molar-refractivity contribution >= 4 is 28.3 Å². The molecule has 1 heterocycles. The highest BCUT2D eigenvalue weighted by Gasteiger charge is 2.25. The Labute approximate surface area is 114 Å². The molecule has 2 rings (SSSR count). The molecule has 1 saturated heterocycles. The highest BCUT2D eigenvalue weighted by atomic mass is 35.5. The van der Waals surface area contributed by atoms with Crippen molar-refractivity contribution in [3.05, 3.63) is 17.2 Å². The Balaban J connectivity index is 2.26. The number of phenols is 1. The minimum atomic E-state index is -1.47. The lowest BCUT2D eigenvalue weighted by Crippen LogP contribution is -2.45. The molecule has 0 saturated carbocycles. The van der Waals surface area contributed by atoms with Crippen LogP contribution in [0.5, 0.6) is 5.75 Å². The number of halogens is 1. The number of nitrogen functional groups attached to an aromatic ring is 1. The van der Waals surface area contributed by atoms with Crippen molar-refractivity contribution in [1.29, 1.82) is 0 Å². The molecular weight excluding hydrogens is 274 g/mol. The maximum absolute atomic E-state index is 12.4. The third kappa shape index (κ3) is 2.61. The van der Waals surface area contributed by atoms with E-state index >= 15 is 0 Å². The molecule has 100 valence electrons. The summed E-state index contributed by atoms with van der Waals surface area (Å²) >= 11 is 6.00. The van der Waals surface area contributed by atoms with Gasteiger partial charge in [-0.1, -0.05) is 11.6 Å². The van der Waals surface area contributed by atoms with Gasteiger partial charge < -0.3 is 15.7 Å². The predicted molar refractivity (Wildman–Crippen MR) is 73.0 cm³/mol. The van der Waals surface area contributed by atoms with E-state index in [4.69, 9.17) is 17.3 Å². The molecule has 0 amide bonds. The van der Waals surface area contributed by atoms with E-state index in [2.05, 4.69) is 4.90 Å². The first-order valence-electron chi connectivity index (χ1n) is 5.63. The van der Waals surface area contributed by atoms with Crippen molar-refractivity contribution in [2.75, 3.05) is 39.0 Å². The van der Waals surface area contributed by atoms with E-state index in [0.29, 0.717) is 13.1 Å². The van der Waals surface area contributed by atoms with Gasteiger partial charge in [0.25, 0.3) is 0 Å². The molecule has 1 atom stereocenters. The maximum atomic E-state index is 12.4. The average Bonchev–Trinajstić information content (AvgIpc) is 2.35. The number of phenolic OH excluding ortho intramolecular Hbond substituents is 1. The van der Waals surface area contributed by atoms with E-state index in [9.17, 15) is 9.32 Å². The summed E-state index contributed by atoms with van der Waals surface area (Å²) in [5, 5.41) is 10.2. The molecule has 0 bridgehead atoms. The van der Waals surface area contributed by atoms with Gasteiger partial charge >= 0.3 is 0 Å². The highest BCUT2D eigenvalue weighted by molar-refractivity contribution is 7.83. The molecule has 0 aliphatic carbocycles. The van der Waals surface area contributed by atoms with Crippen molar-refractivity contribution < 1.29 is 9.32 Å². The molecule has 0 spiro atoms. The van der Waals surface area contributed by atoms with Gasteiger partial charge in [-0.15, -0.1) is 0 Å². The lowest BCUT2D eigenvalue weighted by Gasteiger charge is -2.31. The molecule has 7 heteroatoms. The van der Waals surface area contributed by atoms with Gasteiger partial charge in [0, 0.05) is 26.2 Å². The fourth-order valence-electron chi connectivity index (χ4n) is 1.81. The summed E-state index contributed by atoms with van der Waals surface area (Å²) in [6.45, 7) is 3.03. The number of nitrogens with zero attached hydrogens (tertiary/aromatic N) is 2. The van der Waals surface area contributed by atoms with Crippen molar-refractivity contribution in [2.24, 2.45) is 0 Å². The number of benzene rings is 1. The molecule has 0 radical (unpaired) electrons. The fraction of sp³-hybridized carbons (Fsp3) is 0.455. The second-order valence-corrected chi connectivity index (χ2v) is 6.13. The van der Waals surface area contributed by atoms with Crippen LogP contribution in [0.25, 0.3) is 0 Å². The Bertz CT molecular complexity index is 476. The van der Waals surface area contributed by atoms with Gasteiger partial charge in [0.15, 0.2) is 5.75 Å². The van der Waals surface area contributed by atoms with Crippen LogP contribution in [0.4, 0.5) is 5.69 Å². The first-order chi connectivity index (χ1) is 8.50. The molecule has 0 aromatic heterocycles. The average molecular weight is 290 g/mol. The minimum absolute atomic E-state index is 0.181. The zero-order chi connectivity index (χ0) is 13.3. The second kappa shape index (κ2) is 5.44. The zero-order valence-corrected chi connectivity index (χ0v) is 11.7. The standard InChI is InChI=1S/C11H16ClN3O2S/c1-14-4-6-15(7-5-14)18(17)11-8(12)2-3-9(13)10(11)16/h2-3,16H,4-7,13H2,1H3. The predicted octanol–water partition coefficient (Wildman–Crippen LogP) is 0.898. The summed E-state index contributed by atoms with van der Waals surface area (Å²) in [7, 11) is 0.546. The van der Waals surface area contributed by atoms with Crippen LogP contribution in [-0.4, -0.2) is 51.7 Å². The quantitative estimate of drug-likeness (QED) is 0.627. The zero-order valence-electron chi connectivity index (χ0n) is 10.1. The van der Waals surface area contributed by atoms with Crippen LogP contribution in [0.1, 0.15) is 0 Å². The lowest BCUT2D eigenvalue weighted by molar-refractivity contribution is 0.228. The Morgan fingerprint density at radius 1 is 1.33 bits per heavy atom. The number of hydrogen-bond donors (Lipinski definition) is 2. The molecule has 1 fully saturated rings. The molecule has 3 N–H and O–H groups in total. The maximum Gasteiger partial charge on any atom is 0.157 e. The smallest absolute Gasteiger partial charge is 0.157 e. The molecular formula is C11H16ClN3O2S. The summed E-state index contributed by atoms with van der Waals surface area (Å²) < 4.78 is 14.2. The largest absolute Gasteiger partial charge is 0.504 e. The normalized spacial score (nSPS) is 19.9. The molecule has 5 nitrogen and oxygen atoms in total. The third-order valence-corrected chi connectivity index (χ3v) is 5.01. The number of likely N-dealkylation sites (N-methyl/N-ethyl adjacent to an activating group) is 1. The van der Waals surface area contributed by atoms with E-state index in [-0.39, 0.29) is 21.4 Å². The van der Waals surface area contributed by atoms with Crippen LogP contribution >= 0.6 is 11.6 Å². The molecule has 1 aliphatic rings. The SMILES string of the molecule is CN1CCN(S(=O)c2c(Cl)ccc(N)c2O)CC1. The summed E-state index contributed by atoms with van der Waals surface area (Å²) in [6.07, 6.45) is 0. The van der Waals surface area contributed by atoms with E-state index in [1.54, 1.807) is 10.4 Å². The minimum Gasteiger partial charge on any atom is -0.504 e. The molecule has 1 aromatic carbocycles. The van der Waals surface area contributed by atoms with Gasteiger partial charge in [-0.25, -0.2) is 8.51 Å². The number of nitrogens with two attached hydrogens (primary N) is 1. The Morgan fingerprint density at radius 2 is 1.94 bits per heavy atom. The van der Waals surface area contributed by atoms with Gasteiger partial charge in [0.05, 0.1) is 10.7 Å². The first-order valence-corrected chi connectivity index (χ1v) is 7.11. The van der Waals surface area contributed by atoms with Crippen LogP contribution in [0.15, 0.2) is 17.0 Å². The summed E-state index contributed by atoms with van der Waals surface area (Å²) in [4.78, 5) is 2.37. The molecule has 18 heavy (non-hydrogen) atoms. The Hall–Kier alpha value is -0.820. The summed E-state index contributed by atoms with van der Waals surface area (Å²) in [5.41, 5.74) is 5.80. The number of hydrogen-bond acceptors (Lipinski definition) is 4. The van der Waals surface area contributed by atoms with E-state index in [1.165, 1.54) is 6.07 Å². The van der Waals surface area contributed by atoms with Crippen molar-refractivity contribution in [1.82, 2.24) is 9.21 Å². The number of aromatic hydroxyl groups is 1. The van der Waals surface area contributed by atoms with E-state index < -0.39 is 11.0 Å². The van der Waals surface area contributed by atoms with Crippen LogP contribution < -0.4 is 5.73 Å². The first kappa shape index (κ1) is 13.6. The van der Waals surface area contributed by atoms with Crippen LogP contribution in [0, 0.1) is 0 Å². The number of anilines is 1.